The molecule has 6 rings (SSSR count). The Morgan fingerprint density at radius 1 is 1.12 bits per heavy atom. The number of hydrogen-bond acceptors (Lipinski definition) is 12. The van der Waals surface area contributed by atoms with E-state index in [1.54, 1.807) is 50.4 Å². The molecule has 2 unspecified atom stereocenters. The predicted octanol–water partition coefficient (Wildman–Crippen LogP) is 3.55. The van der Waals surface area contributed by atoms with Crippen molar-refractivity contribution in [3.63, 3.8) is 0 Å². The van der Waals surface area contributed by atoms with Crippen LogP contribution in [0.1, 0.15) is 54.4 Å². The van der Waals surface area contributed by atoms with Gasteiger partial charge in [0, 0.05) is 49.1 Å². The van der Waals surface area contributed by atoms with Crippen molar-refractivity contribution in [3.05, 3.63) is 81.0 Å². The van der Waals surface area contributed by atoms with E-state index in [2.05, 4.69) is 37.3 Å². The van der Waals surface area contributed by atoms with Gasteiger partial charge in [-0.3, -0.25) is 43.9 Å². The van der Waals surface area contributed by atoms with E-state index in [0.717, 1.165) is 24.3 Å². The number of ketones is 1. The number of Topliss-reactive ketones (excluding diaryl/α,β-unsaturated/α-hetero) is 1. The lowest BCUT2D eigenvalue weighted by atomic mass is 9.99. The normalized spacial score (nSPS) is 17.0. The Kier molecular flexibility index (Phi) is 12.4. The highest BCUT2D eigenvalue weighted by Gasteiger charge is 2.35. The number of rotatable bonds is 12. The van der Waals surface area contributed by atoms with Gasteiger partial charge in [0.05, 0.1) is 11.7 Å². The number of carbonyl (C=O) groups is 5. The maximum atomic E-state index is 13.3. The van der Waals surface area contributed by atoms with Gasteiger partial charge >= 0.3 is 0 Å². The van der Waals surface area contributed by atoms with E-state index in [1.807, 2.05) is 6.07 Å². The second kappa shape index (κ2) is 17.6. The van der Waals surface area contributed by atoms with Gasteiger partial charge in [0.1, 0.15) is 30.0 Å². The van der Waals surface area contributed by atoms with Crippen LogP contribution in [0.3, 0.4) is 0 Å². The molecular weight excluding hydrogens is 742 g/mol. The zero-order chi connectivity index (χ0) is 39.9. The first-order valence-electron chi connectivity index (χ1n) is 18.0. The number of fused-ring (bicyclic) bond motifs is 1. The lowest BCUT2D eigenvalue weighted by Crippen LogP contribution is -2.53. The number of piperidine rings is 2. The Labute approximate surface area is 327 Å². The Morgan fingerprint density at radius 3 is 2.71 bits per heavy atom. The first-order valence-corrected chi connectivity index (χ1v) is 18.4. The average molecular weight is 782 g/mol. The van der Waals surface area contributed by atoms with E-state index >= 15 is 0 Å². The van der Waals surface area contributed by atoms with Gasteiger partial charge in [0.2, 0.25) is 24.0 Å². The van der Waals surface area contributed by atoms with Crippen LogP contribution in [0.5, 0.6) is 11.5 Å². The summed E-state index contributed by atoms with van der Waals surface area (Å²) in [6.45, 7) is 5.45. The van der Waals surface area contributed by atoms with Crippen LogP contribution in [0.2, 0.25) is 5.02 Å². The molecule has 2 aromatic carbocycles. The third-order valence-corrected chi connectivity index (χ3v) is 9.81. The summed E-state index contributed by atoms with van der Waals surface area (Å²) in [5.41, 5.74) is 1.83. The fourth-order valence-electron chi connectivity index (χ4n) is 6.57. The highest BCUT2D eigenvalue weighted by Crippen LogP contribution is 2.27. The van der Waals surface area contributed by atoms with Crippen LogP contribution in [0, 0.1) is 24.7 Å². The minimum Gasteiger partial charge on any atom is -0.492 e. The first-order chi connectivity index (χ1) is 26.9. The number of nitrogens with zero attached hydrogens (tertiary/aromatic N) is 5. The fraction of sp³-hybridized carbons (Fsp3) is 0.350. The Morgan fingerprint density at radius 2 is 1.95 bits per heavy atom. The minimum atomic E-state index is -1.06. The lowest BCUT2D eigenvalue weighted by Gasteiger charge is -2.30. The van der Waals surface area contributed by atoms with Crippen molar-refractivity contribution in [2.24, 2.45) is 13.0 Å². The average Bonchev–Trinajstić information content (AvgIpc) is 3.17. The zero-order valence-corrected chi connectivity index (χ0v) is 31.9. The molecule has 4 heterocycles. The van der Waals surface area contributed by atoms with Crippen LogP contribution < -0.4 is 25.7 Å². The van der Waals surface area contributed by atoms with Gasteiger partial charge in [-0.05, 0) is 87.5 Å². The molecule has 2 saturated heterocycles. The van der Waals surface area contributed by atoms with Gasteiger partial charge in [-0.25, -0.2) is 9.97 Å². The van der Waals surface area contributed by atoms with Gasteiger partial charge in [0.15, 0.2) is 17.4 Å². The van der Waals surface area contributed by atoms with Crippen LogP contribution in [-0.4, -0.2) is 93.1 Å². The molecule has 56 heavy (non-hydrogen) atoms. The van der Waals surface area contributed by atoms with Crippen LogP contribution in [0.15, 0.2) is 53.5 Å². The number of benzene rings is 2. The Balaban J connectivity index is 1.06. The van der Waals surface area contributed by atoms with E-state index in [-0.39, 0.29) is 48.0 Å². The van der Waals surface area contributed by atoms with Crippen molar-refractivity contribution in [2.45, 2.75) is 45.6 Å². The third kappa shape index (κ3) is 9.39. The summed E-state index contributed by atoms with van der Waals surface area (Å²) in [5.74, 6) is 5.70. The monoisotopic (exact) mass is 781 g/mol. The topological polar surface area (TPSA) is 182 Å². The van der Waals surface area contributed by atoms with E-state index in [1.165, 1.54) is 17.7 Å². The number of imide groups is 2. The fourth-order valence-corrected chi connectivity index (χ4v) is 6.71. The molecule has 4 aromatic rings. The van der Waals surface area contributed by atoms with Crippen LogP contribution >= 0.6 is 11.6 Å². The summed E-state index contributed by atoms with van der Waals surface area (Å²) in [4.78, 5) is 85.2. The van der Waals surface area contributed by atoms with Crippen LogP contribution in [0.4, 0.5) is 11.5 Å². The molecule has 2 aliphatic heterocycles. The van der Waals surface area contributed by atoms with Gasteiger partial charge in [0.25, 0.3) is 11.5 Å². The van der Waals surface area contributed by atoms with E-state index in [4.69, 9.17) is 21.1 Å². The minimum absolute atomic E-state index is 0.0372. The molecular formula is C40H40ClN7O8. The molecule has 0 saturated carbocycles. The number of aromatic nitrogens is 3. The summed E-state index contributed by atoms with van der Waals surface area (Å²) < 4.78 is 12.9. The molecule has 290 valence electrons. The molecule has 0 radical (unpaired) electrons. The second-order valence-electron chi connectivity index (χ2n) is 13.7. The van der Waals surface area contributed by atoms with E-state index < -0.39 is 23.8 Å². The highest BCUT2D eigenvalue weighted by atomic mass is 35.5. The number of amides is 4. The largest absolute Gasteiger partial charge is 0.492 e. The molecule has 2 fully saturated rings. The number of anilines is 2. The van der Waals surface area contributed by atoms with Crippen molar-refractivity contribution >= 4 is 63.9 Å². The molecule has 0 spiro atoms. The predicted molar refractivity (Wildman–Crippen MR) is 207 cm³/mol. The van der Waals surface area contributed by atoms with Gasteiger partial charge in [-0.2, -0.15) is 0 Å². The quantitative estimate of drug-likeness (QED) is 0.121. The molecule has 16 heteroatoms. The van der Waals surface area contributed by atoms with Crippen molar-refractivity contribution in [1.29, 1.82) is 0 Å². The summed E-state index contributed by atoms with van der Waals surface area (Å²) in [7, 11) is 1.64. The SMILES string of the molecule is CC(=O)COc1cc2cc(Nc3nc(C#CC4CCCN(CCOc5ccc(C)c(C(=O)N(C=O)C6CCC(=O)NC6=O)c5)C4)ncc3Cl)ccc2n(C)c1=O. The summed E-state index contributed by atoms with van der Waals surface area (Å²) in [6.07, 6.45) is 3.76. The molecule has 2 aliphatic rings. The molecule has 0 aliphatic carbocycles. The summed E-state index contributed by atoms with van der Waals surface area (Å²) in [6, 6.07) is 11.0. The van der Waals surface area contributed by atoms with Crippen LogP contribution in [0.25, 0.3) is 10.9 Å². The smallest absolute Gasteiger partial charge is 0.293 e. The molecule has 15 nitrogen and oxygen atoms in total. The molecule has 2 aromatic heterocycles. The Bertz CT molecular complexity index is 2340. The molecule has 0 bridgehead atoms. The Hall–Kier alpha value is -6.11. The maximum absolute atomic E-state index is 13.3. The van der Waals surface area contributed by atoms with Gasteiger partial charge in [-0.15, -0.1) is 0 Å². The number of halogens is 1. The number of pyridine rings is 1. The number of aryl methyl sites for hydroxylation is 2. The first kappa shape index (κ1) is 39.6. The molecule has 2 atom stereocenters. The second-order valence-corrected chi connectivity index (χ2v) is 14.1. The number of ether oxygens (including phenoxy) is 2. The zero-order valence-electron chi connectivity index (χ0n) is 31.1. The van der Waals surface area contributed by atoms with Gasteiger partial charge < -0.3 is 19.4 Å². The maximum Gasteiger partial charge on any atom is 0.293 e. The standard InChI is InChI=1S/C40H40ClN7O8/c1-24-6-9-29(19-30(24)39(53)48(23-49)33-11-13-36(51)45-38(33)52)55-16-15-47-14-4-5-26(21-47)7-12-35-42-20-31(41)37(44-35)43-28-8-10-32-27(17-28)18-34(40(54)46(32)3)56-22-25(2)50/h6,8-10,17-20,23,26,33H,4-5,11,13-16,21-22H2,1-3H3,(H,42,43,44)(H,45,51,52). The number of hydrogen-bond donors (Lipinski definition) is 2. The molecule has 4 amide bonds. The lowest BCUT2D eigenvalue weighted by molar-refractivity contribution is -0.139. The third-order valence-electron chi connectivity index (χ3n) is 9.53. The number of likely N-dealkylation sites (tertiary alicyclic amines) is 1. The van der Waals surface area contributed by atoms with Crippen molar-refractivity contribution in [2.75, 3.05) is 38.2 Å². The van der Waals surface area contributed by atoms with Crippen LogP contribution in [-0.2, 0) is 26.2 Å². The van der Waals surface area contributed by atoms with E-state index in [9.17, 15) is 28.8 Å². The number of carbonyl (C=O) groups excluding carboxylic acids is 5. The number of nitrogens with one attached hydrogen (secondary N) is 2. The van der Waals surface area contributed by atoms with Crippen molar-refractivity contribution in [3.8, 4) is 23.3 Å². The van der Waals surface area contributed by atoms with E-state index in [0.29, 0.717) is 70.7 Å². The van der Waals surface area contributed by atoms with Crippen molar-refractivity contribution < 1.29 is 33.4 Å². The summed E-state index contributed by atoms with van der Waals surface area (Å²) in [5, 5.41) is 6.40. The van der Waals surface area contributed by atoms with Gasteiger partial charge in [-0.1, -0.05) is 23.6 Å². The highest BCUT2D eigenvalue weighted by molar-refractivity contribution is 6.32. The molecule has 2 N–H and O–H groups in total. The summed E-state index contributed by atoms with van der Waals surface area (Å²) >= 11 is 6.45. The van der Waals surface area contributed by atoms with Crippen molar-refractivity contribution in [1.82, 2.24) is 29.7 Å².